The fourth-order valence-corrected chi connectivity index (χ4v) is 2.01. The monoisotopic (exact) mass is 237 g/mol. The molecular formula is C13H19NO3. The molecule has 0 amide bonds. The fourth-order valence-electron chi connectivity index (χ4n) is 2.01. The van der Waals surface area contributed by atoms with Crippen molar-refractivity contribution in [3.8, 4) is 11.5 Å². The Morgan fingerprint density at radius 1 is 1.35 bits per heavy atom. The van der Waals surface area contributed by atoms with Crippen LogP contribution in [0.4, 0.5) is 0 Å². The molecule has 94 valence electrons. The summed E-state index contributed by atoms with van der Waals surface area (Å²) in [6, 6.07) is 5.34. The van der Waals surface area contributed by atoms with Crippen LogP contribution in [0.2, 0.25) is 0 Å². The van der Waals surface area contributed by atoms with Gasteiger partial charge in [-0.3, -0.25) is 4.90 Å². The van der Waals surface area contributed by atoms with Crippen LogP contribution in [0.1, 0.15) is 12.0 Å². The molecule has 0 atom stereocenters. The molecular weight excluding hydrogens is 218 g/mol. The summed E-state index contributed by atoms with van der Waals surface area (Å²) < 4.78 is 10.6. The first-order valence-corrected chi connectivity index (χ1v) is 5.95. The molecule has 0 aromatic heterocycles. The number of ether oxygens (including phenoxy) is 2. The van der Waals surface area contributed by atoms with Gasteiger partial charge in [0.25, 0.3) is 0 Å². The molecule has 2 rings (SSSR count). The summed E-state index contributed by atoms with van der Waals surface area (Å²) in [5, 5.41) is 9.82. The largest absolute Gasteiger partial charge is 0.508 e. The van der Waals surface area contributed by atoms with Crippen LogP contribution in [0.5, 0.6) is 11.5 Å². The number of aromatic hydroxyl groups is 1. The third kappa shape index (κ3) is 3.35. The van der Waals surface area contributed by atoms with Crippen LogP contribution >= 0.6 is 0 Å². The van der Waals surface area contributed by atoms with Gasteiger partial charge >= 0.3 is 0 Å². The molecule has 0 aliphatic carbocycles. The van der Waals surface area contributed by atoms with E-state index in [-0.39, 0.29) is 0 Å². The summed E-state index contributed by atoms with van der Waals surface area (Å²) in [7, 11) is 1.63. The summed E-state index contributed by atoms with van der Waals surface area (Å²) in [6.45, 7) is 4.27. The van der Waals surface area contributed by atoms with Gasteiger partial charge in [-0.25, -0.2) is 0 Å². The Morgan fingerprint density at radius 2 is 2.24 bits per heavy atom. The zero-order chi connectivity index (χ0) is 12.1. The molecule has 4 heteroatoms. The predicted molar refractivity (Wildman–Crippen MR) is 65.4 cm³/mol. The molecule has 17 heavy (non-hydrogen) atoms. The Bertz CT molecular complexity index is 360. The molecule has 1 saturated heterocycles. The van der Waals surface area contributed by atoms with Crippen LogP contribution in [-0.4, -0.2) is 43.4 Å². The van der Waals surface area contributed by atoms with E-state index in [1.807, 2.05) is 6.07 Å². The molecule has 1 fully saturated rings. The minimum Gasteiger partial charge on any atom is -0.508 e. The Hall–Kier alpha value is -1.26. The van der Waals surface area contributed by atoms with Crippen LogP contribution < -0.4 is 4.74 Å². The van der Waals surface area contributed by atoms with Crippen molar-refractivity contribution in [2.45, 2.75) is 13.0 Å². The highest BCUT2D eigenvalue weighted by Gasteiger charge is 2.12. The summed E-state index contributed by atoms with van der Waals surface area (Å²) in [5.41, 5.74) is 0.909. The van der Waals surface area contributed by atoms with Gasteiger partial charge in [-0.1, -0.05) is 0 Å². The highest BCUT2D eigenvalue weighted by molar-refractivity contribution is 5.39. The highest BCUT2D eigenvalue weighted by Crippen LogP contribution is 2.24. The molecule has 0 spiro atoms. The van der Waals surface area contributed by atoms with E-state index in [0.29, 0.717) is 5.75 Å². The molecule has 1 aromatic carbocycles. The second-order valence-corrected chi connectivity index (χ2v) is 4.24. The van der Waals surface area contributed by atoms with Gasteiger partial charge in [-0.05, 0) is 24.6 Å². The average molecular weight is 237 g/mol. The maximum atomic E-state index is 9.82. The third-order valence-corrected chi connectivity index (χ3v) is 3.00. The normalized spacial score (nSPS) is 17.7. The van der Waals surface area contributed by atoms with Crippen molar-refractivity contribution in [1.82, 2.24) is 4.90 Å². The van der Waals surface area contributed by atoms with Gasteiger partial charge < -0.3 is 14.6 Å². The van der Waals surface area contributed by atoms with Crippen LogP contribution in [0.3, 0.4) is 0 Å². The molecule has 1 heterocycles. The van der Waals surface area contributed by atoms with Gasteiger partial charge in [0.05, 0.1) is 13.7 Å². The summed E-state index contributed by atoms with van der Waals surface area (Å²) in [4.78, 5) is 2.29. The van der Waals surface area contributed by atoms with Crippen LogP contribution in [0.25, 0.3) is 0 Å². The van der Waals surface area contributed by atoms with Gasteiger partial charge in [0.15, 0.2) is 0 Å². The molecule has 1 aromatic rings. The topological polar surface area (TPSA) is 41.9 Å². The lowest BCUT2D eigenvalue weighted by Crippen LogP contribution is -2.25. The van der Waals surface area contributed by atoms with Gasteiger partial charge in [-0.2, -0.15) is 0 Å². The minimum absolute atomic E-state index is 0.330. The first kappa shape index (κ1) is 12.2. The van der Waals surface area contributed by atoms with Crippen molar-refractivity contribution >= 4 is 0 Å². The minimum atomic E-state index is 0.330. The van der Waals surface area contributed by atoms with E-state index in [1.165, 1.54) is 0 Å². The molecule has 4 nitrogen and oxygen atoms in total. The number of methoxy groups -OCH3 is 1. The first-order chi connectivity index (χ1) is 8.29. The number of phenols is 1. The van der Waals surface area contributed by atoms with Gasteiger partial charge in [0.1, 0.15) is 11.5 Å². The second kappa shape index (κ2) is 5.89. The van der Waals surface area contributed by atoms with Gasteiger partial charge in [0, 0.05) is 31.8 Å². The Labute approximate surface area is 102 Å². The zero-order valence-electron chi connectivity index (χ0n) is 10.2. The van der Waals surface area contributed by atoms with Crippen LogP contribution in [0.15, 0.2) is 18.2 Å². The summed E-state index contributed by atoms with van der Waals surface area (Å²) in [5.74, 6) is 1.11. The van der Waals surface area contributed by atoms with E-state index in [2.05, 4.69) is 4.90 Å². The van der Waals surface area contributed by atoms with E-state index in [1.54, 1.807) is 19.2 Å². The van der Waals surface area contributed by atoms with Crippen molar-refractivity contribution in [3.05, 3.63) is 23.8 Å². The Balaban J connectivity index is 2.05. The van der Waals surface area contributed by atoms with Crippen LogP contribution in [0, 0.1) is 0 Å². The molecule has 0 bridgehead atoms. The molecule has 1 N–H and O–H groups in total. The summed E-state index contributed by atoms with van der Waals surface area (Å²) in [6.07, 6.45) is 1.05. The number of hydrogen-bond acceptors (Lipinski definition) is 4. The average Bonchev–Trinajstić information content (AvgIpc) is 2.60. The van der Waals surface area contributed by atoms with Crippen molar-refractivity contribution in [2.24, 2.45) is 0 Å². The lowest BCUT2D eigenvalue weighted by molar-refractivity contribution is 0.140. The molecule has 1 aliphatic heterocycles. The number of rotatable bonds is 3. The quantitative estimate of drug-likeness (QED) is 0.867. The number of nitrogens with zero attached hydrogens (tertiary/aromatic N) is 1. The maximum Gasteiger partial charge on any atom is 0.120 e. The number of phenolic OH excluding ortho intramolecular Hbond substituents is 1. The number of benzene rings is 1. The lowest BCUT2D eigenvalue weighted by Gasteiger charge is -2.19. The van der Waals surface area contributed by atoms with E-state index in [4.69, 9.17) is 9.47 Å². The van der Waals surface area contributed by atoms with Gasteiger partial charge in [-0.15, -0.1) is 0 Å². The molecule has 0 saturated carbocycles. The van der Waals surface area contributed by atoms with E-state index >= 15 is 0 Å². The highest BCUT2D eigenvalue weighted by atomic mass is 16.5. The maximum absolute atomic E-state index is 9.82. The van der Waals surface area contributed by atoms with E-state index in [9.17, 15) is 5.11 Å². The lowest BCUT2D eigenvalue weighted by atomic mass is 10.1. The van der Waals surface area contributed by atoms with Gasteiger partial charge in [0.2, 0.25) is 0 Å². The fraction of sp³-hybridized carbons (Fsp3) is 0.538. The predicted octanol–water partition coefficient (Wildman–Crippen LogP) is 1.62. The Kier molecular flexibility index (Phi) is 4.23. The van der Waals surface area contributed by atoms with Crippen molar-refractivity contribution in [2.75, 3.05) is 33.4 Å². The second-order valence-electron chi connectivity index (χ2n) is 4.24. The molecule has 1 aliphatic rings. The molecule has 0 radical (unpaired) electrons. The standard InChI is InChI=1S/C13H19NO3/c1-16-12-3-4-13(15)11(9-12)10-14-5-2-7-17-8-6-14/h3-4,9,15H,2,5-8,10H2,1H3. The number of hydrogen-bond donors (Lipinski definition) is 1. The zero-order valence-corrected chi connectivity index (χ0v) is 10.2. The third-order valence-electron chi connectivity index (χ3n) is 3.00. The molecule has 0 unspecified atom stereocenters. The van der Waals surface area contributed by atoms with Crippen molar-refractivity contribution in [3.63, 3.8) is 0 Å². The van der Waals surface area contributed by atoms with E-state index < -0.39 is 0 Å². The van der Waals surface area contributed by atoms with E-state index in [0.717, 1.165) is 50.6 Å². The smallest absolute Gasteiger partial charge is 0.120 e. The van der Waals surface area contributed by atoms with Crippen molar-refractivity contribution < 1.29 is 14.6 Å². The van der Waals surface area contributed by atoms with Crippen molar-refractivity contribution in [1.29, 1.82) is 0 Å². The van der Waals surface area contributed by atoms with Crippen LogP contribution in [-0.2, 0) is 11.3 Å². The first-order valence-electron chi connectivity index (χ1n) is 5.95. The Morgan fingerprint density at radius 3 is 3.06 bits per heavy atom. The summed E-state index contributed by atoms with van der Waals surface area (Å²) >= 11 is 0. The SMILES string of the molecule is COc1ccc(O)c(CN2CCCOCC2)c1.